The molecule has 2 heterocycles. The number of aryl methyl sites for hydroxylation is 1. The molecule has 1 fully saturated rings. The smallest absolute Gasteiger partial charge is 0.247 e. The van der Waals surface area contributed by atoms with Crippen molar-refractivity contribution in [1.82, 2.24) is 25.2 Å². The van der Waals surface area contributed by atoms with Crippen molar-refractivity contribution in [1.29, 1.82) is 0 Å². The van der Waals surface area contributed by atoms with Crippen molar-refractivity contribution in [2.45, 2.75) is 57.9 Å². The van der Waals surface area contributed by atoms with Gasteiger partial charge in [0.05, 0.1) is 5.69 Å². The molecule has 0 aliphatic carbocycles. The number of carbonyl (C=O) groups is 1. The summed E-state index contributed by atoms with van der Waals surface area (Å²) in [6.07, 6.45) is 9.06. The molecule has 1 aliphatic heterocycles. The van der Waals surface area contributed by atoms with E-state index in [0.717, 1.165) is 64.0 Å². The van der Waals surface area contributed by atoms with Gasteiger partial charge in [0.2, 0.25) is 5.91 Å². The van der Waals surface area contributed by atoms with Crippen molar-refractivity contribution in [2.75, 3.05) is 32.7 Å². The summed E-state index contributed by atoms with van der Waals surface area (Å²) >= 11 is 0. The van der Waals surface area contributed by atoms with E-state index in [1.807, 2.05) is 11.1 Å². The lowest BCUT2D eigenvalue weighted by Gasteiger charge is -2.30. The number of hydrogen-bond acceptors (Lipinski definition) is 5. The fourth-order valence-electron chi connectivity index (χ4n) is 3.08. The van der Waals surface area contributed by atoms with Gasteiger partial charge < -0.3 is 16.0 Å². The van der Waals surface area contributed by atoms with Crippen LogP contribution in [0.2, 0.25) is 0 Å². The summed E-state index contributed by atoms with van der Waals surface area (Å²) in [5, 5.41) is 11.8. The van der Waals surface area contributed by atoms with Gasteiger partial charge in [-0.3, -0.25) is 4.79 Å². The first-order chi connectivity index (χ1) is 11.8. The molecule has 1 aliphatic rings. The van der Waals surface area contributed by atoms with Gasteiger partial charge in [-0.15, -0.1) is 5.10 Å². The summed E-state index contributed by atoms with van der Waals surface area (Å²) < 4.78 is 1.78. The molecule has 1 atom stereocenters. The van der Waals surface area contributed by atoms with Crippen LogP contribution in [-0.2, 0) is 11.2 Å². The zero-order valence-electron chi connectivity index (χ0n) is 14.9. The second kappa shape index (κ2) is 10.4. The Kier molecular flexibility index (Phi) is 8.18. The molecule has 0 radical (unpaired) electrons. The summed E-state index contributed by atoms with van der Waals surface area (Å²) in [6, 6.07) is -0.248. The first-order valence-electron chi connectivity index (χ1n) is 9.36. The number of aromatic nitrogens is 3. The van der Waals surface area contributed by atoms with Crippen LogP contribution in [0.3, 0.4) is 0 Å². The highest BCUT2D eigenvalue weighted by atomic mass is 16.2. The number of unbranched alkanes of at least 4 members (excludes halogenated alkanes) is 3. The molecule has 3 N–H and O–H groups in total. The first kappa shape index (κ1) is 18.9. The Morgan fingerprint density at radius 2 is 2.08 bits per heavy atom. The maximum Gasteiger partial charge on any atom is 0.247 e. The number of piperazine rings is 1. The highest BCUT2D eigenvalue weighted by molar-refractivity contribution is 5.80. The predicted octanol–water partition coefficient (Wildman–Crippen LogP) is 1.11. The average molecular weight is 336 g/mol. The number of nitrogens with zero attached hydrogens (tertiary/aromatic N) is 4. The zero-order chi connectivity index (χ0) is 17.2. The van der Waals surface area contributed by atoms with E-state index in [1.54, 1.807) is 4.68 Å². The lowest BCUT2D eigenvalue weighted by atomic mass is 10.1. The van der Waals surface area contributed by atoms with Crippen molar-refractivity contribution in [3.8, 4) is 0 Å². The Labute approximate surface area is 145 Å². The van der Waals surface area contributed by atoms with Crippen molar-refractivity contribution in [2.24, 2.45) is 5.73 Å². The van der Waals surface area contributed by atoms with Gasteiger partial charge in [0.1, 0.15) is 6.04 Å². The van der Waals surface area contributed by atoms with E-state index in [1.165, 1.54) is 12.8 Å². The largest absolute Gasteiger partial charge is 0.338 e. The predicted molar refractivity (Wildman–Crippen MR) is 94.6 cm³/mol. The summed E-state index contributed by atoms with van der Waals surface area (Å²) in [4.78, 5) is 14.9. The third kappa shape index (κ3) is 5.56. The molecule has 2 rings (SSSR count). The van der Waals surface area contributed by atoms with Crippen molar-refractivity contribution < 1.29 is 4.79 Å². The summed E-state index contributed by atoms with van der Waals surface area (Å²) in [7, 11) is 0. The molecule has 1 aromatic rings. The van der Waals surface area contributed by atoms with E-state index in [0.29, 0.717) is 6.54 Å². The van der Waals surface area contributed by atoms with Gasteiger partial charge in [-0.2, -0.15) is 0 Å². The minimum absolute atomic E-state index is 0.165. The van der Waals surface area contributed by atoms with Crippen LogP contribution in [0.25, 0.3) is 0 Å². The molecule has 0 aromatic carbocycles. The van der Waals surface area contributed by atoms with Crippen molar-refractivity contribution in [3.63, 3.8) is 0 Å². The quantitative estimate of drug-likeness (QED) is 0.625. The molecular weight excluding hydrogens is 304 g/mol. The molecule has 1 saturated heterocycles. The lowest BCUT2D eigenvalue weighted by molar-refractivity contribution is -0.136. The molecule has 0 spiro atoms. The van der Waals surface area contributed by atoms with E-state index < -0.39 is 0 Å². The van der Waals surface area contributed by atoms with Gasteiger partial charge in [0.15, 0.2) is 0 Å². The molecule has 0 unspecified atom stereocenters. The number of rotatable bonds is 10. The number of hydrogen-bond donors (Lipinski definition) is 2. The Bertz CT molecular complexity index is 483. The van der Waals surface area contributed by atoms with E-state index in [-0.39, 0.29) is 11.9 Å². The number of amides is 1. The normalized spacial score (nSPS) is 16.3. The fourth-order valence-corrected chi connectivity index (χ4v) is 3.08. The molecule has 0 bridgehead atoms. The van der Waals surface area contributed by atoms with Crippen molar-refractivity contribution in [3.05, 3.63) is 11.9 Å². The van der Waals surface area contributed by atoms with Crippen LogP contribution in [0.5, 0.6) is 0 Å². The van der Waals surface area contributed by atoms with Gasteiger partial charge in [0, 0.05) is 32.4 Å². The van der Waals surface area contributed by atoms with E-state index in [4.69, 9.17) is 5.73 Å². The minimum atomic E-state index is -0.248. The number of carbonyl (C=O) groups excluding carboxylic acids is 1. The minimum Gasteiger partial charge on any atom is -0.338 e. The summed E-state index contributed by atoms with van der Waals surface area (Å²) in [6.45, 7) is 6.11. The summed E-state index contributed by atoms with van der Waals surface area (Å²) in [5.41, 5.74) is 6.59. The third-order valence-electron chi connectivity index (χ3n) is 4.56. The average Bonchev–Trinajstić information content (AvgIpc) is 3.08. The van der Waals surface area contributed by atoms with E-state index >= 15 is 0 Å². The maximum absolute atomic E-state index is 12.9. The van der Waals surface area contributed by atoms with Gasteiger partial charge >= 0.3 is 0 Å². The number of nitrogens with two attached hydrogens (primary N) is 1. The highest BCUT2D eigenvalue weighted by Gasteiger charge is 2.27. The van der Waals surface area contributed by atoms with Crippen LogP contribution < -0.4 is 11.1 Å². The molecule has 7 nitrogen and oxygen atoms in total. The third-order valence-corrected chi connectivity index (χ3v) is 4.56. The van der Waals surface area contributed by atoms with Gasteiger partial charge in [-0.1, -0.05) is 25.0 Å². The van der Waals surface area contributed by atoms with Crippen LogP contribution in [0.1, 0.15) is 57.2 Å². The van der Waals surface area contributed by atoms with Crippen LogP contribution >= 0.6 is 0 Å². The lowest BCUT2D eigenvalue weighted by Crippen LogP contribution is -2.48. The molecular formula is C17H32N6O. The monoisotopic (exact) mass is 336 g/mol. The molecule has 1 amide bonds. The Morgan fingerprint density at radius 3 is 2.79 bits per heavy atom. The fraction of sp³-hybridized carbons (Fsp3) is 0.824. The first-order valence-corrected chi connectivity index (χ1v) is 9.36. The molecule has 1 aromatic heterocycles. The van der Waals surface area contributed by atoms with Gasteiger partial charge in [-0.25, -0.2) is 4.68 Å². The standard InChI is InChI=1S/C17H32N6O/c1-2-3-4-7-15-14-23(21-20-15)16(8-5-6-9-18)17(24)22-12-10-19-11-13-22/h14,16,19H,2-13,18H2,1H3/t16-/m0/s1. The maximum atomic E-state index is 12.9. The highest BCUT2D eigenvalue weighted by Crippen LogP contribution is 2.18. The topological polar surface area (TPSA) is 89.1 Å². The van der Waals surface area contributed by atoms with E-state index in [2.05, 4.69) is 22.6 Å². The van der Waals surface area contributed by atoms with Crippen LogP contribution in [0, 0.1) is 0 Å². The number of nitrogens with one attached hydrogen (secondary N) is 1. The second-order valence-electron chi connectivity index (χ2n) is 6.52. The van der Waals surface area contributed by atoms with Crippen LogP contribution in [0.4, 0.5) is 0 Å². The zero-order valence-corrected chi connectivity index (χ0v) is 14.9. The Morgan fingerprint density at radius 1 is 1.29 bits per heavy atom. The molecule has 136 valence electrons. The van der Waals surface area contributed by atoms with E-state index in [9.17, 15) is 4.79 Å². The SMILES string of the molecule is CCCCCc1cn([C@@H](CCCCN)C(=O)N2CCNCC2)nn1. The molecule has 7 heteroatoms. The van der Waals surface area contributed by atoms with Gasteiger partial charge in [-0.05, 0) is 38.6 Å². The van der Waals surface area contributed by atoms with Crippen LogP contribution in [-0.4, -0.2) is 58.5 Å². The molecule has 0 saturated carbocycles. The summed E-state index contributed by atoms with van der Waals surface area (Å²) in [5.74, 6) is 0.165. The Hall–Kier alpha value is -1.47. The Balaban J connectivity index is 2.02. The van der Waals surface area contributed by atoms with Gasteiger partial charge in [0.25, 0.3) is 0 Å². The second-order valence-corrected chi connectivity index (χ2v) is 6.52. The van der Waals surface area contributed by atoms with Crippen LogP contribution in [0.15, 0.2) is 6.20 Å². The van der Waals surface area contributed by atoms with Crippen molar-refractivity contribution >= 4 is 5.91 Å². The molecule has 24 heavy (non-hydrogen) atoms.